The summed E-state index contributed by atoms with van der Waals surface area (Å²) in [7, 11) is 0. The van der Waals surface area contributed by atoms with E-state index in [1.54, 1.807) is 0 Å². The van der Waals surface area contributed by atoms with Crippen LogP contribution >= 0.6 is 0 Å². The second-order valence-electron chi connectivity index (χ2n) is 2.14. The molecule has 0 saturated carbocycles. The molecule has 4 N–H and O–H groups in total. The van der Waals surface area contributed by atoms with E-state index in [2.05, 4.69) is 5.32 Å². The molecule has 0 bridgehead atoms. The maximum Gasteiger partial charge on any atom is 0.312 e. The van der Waals surface area contributed by atoms with Gasteiger partial charge in [-0.25, -0.2) is 0 Å². The molecule has 0 aromatic rings. The summed E-state index contributed by atoms with van der Waals surface area (Å²) in [4.78, 5) is 30.7. The fraction of sp³-hybridized carbons (Fsp3) is 0.500. The number of nitrogens with two attached hydrogens (primary N) is 1. The van der Waals surface area contributed by atoms with E-state index >= 15 is 0 Å². The highest BCUT2D eigenvalue weighted by Gasteiger charge is 2.06. The summed E-state index contributed by atoms with van der Waals surface area (Å²) in [6.07, 6.45) is -0.565. The first-order valence-corrected chi connectivity index (χ1v) is 3.29. The van der Waals surface area contributed by atoms with Crippen LogP contribution in [0.5, 0.6) is 0 Å². The minimum atomic E-state index is -1.20. The third-order valence-corrected chi connectivity index (χ3v) is 1.01. The van der Waals surface area contributed by atoms with Gasteiger partial charge in [0.1, 0.15) is 6.42 Å². The van der Waals surface area contributed by atoms with Crippen LogP contribution in [0.3, 0.4) is 0 Å². The maximum absolute atomic E-state index is 10.6. The molecule has 0 radical (unpaired) electrons. The van der Waals surface area contributed by atoms with Gasteiger partial charge in [-0.05, 0) is 0 Å². The Morgan fingerprint density at radius 1 is 1.33 bits per heavy atom. The number of rotatable bonds is 5. The van der Waals surface area contributed by atoms with Crippen molar-refractivity contribution >= 4 is 17.8 Å². The topological polar surface area (TPSA) is 109 Å². The molecule has 0 atom stereocenters. The lowest BCUT2D eigenvalue weighted by Gasteiger charge is -1.99. The zero-order valence-corrected chi connectivity index (χ0v) is 6.37. The van der Waals surface area contributed by atoms with E-state index in [9.17, 15) is 14.4 Å². The molecule has 12 heavy (non-hydrogen) atoms. The highest BCUT2D eigenvalue weighted by Crippen LogP contribution is 1.80. The van der Waals surface area contributed by atoms with Crippen LogP contribution in [0.25, 0.3) is 0 Å². The van der Waals surface area contributed by atoms with Gasteiger partial charge in [-0.15, -0.1) is 0 Å². The van der Waals surface area contributed by atoms with Crippen LogP contribution in [0.4, 0.5) is 0 Å². The summed E-state index contributed by atoms with van der Waals surface area (Å²) >= 11 is 0. The van der Waals surface area contributed by atoms with E-state index in [1.165, 1.54) is 0 Å². The van der Waals surface area contributed by atoms with Gasteiger partial charge in [0.25, 0.3) is 0 Å². The number of nitrogens with one attached hydrogen (secondary N) is 1. The SMILES string of the molecule is NC(=O)CCNC(=O)CC(=O)O. The molecule has 0 aromatic heterocycles. The van der Waals surface area contributed by atoms with E-state index < -0.39 is 24.2 Å². The van der Waals surface area contributed by atoms with E-state index in [-0.39, 0.29) is 13.0 Å². The minimum Gasteiger partial charge on any atom is -0.481 e. The Kier molecular flexibility index (Phi) is 4.43. The van der Waals surface area contributed by atoms with Crippen molar-refractivity contribution in [1.82, 2.24) is 5.32 Å². The second-order valence-corrected chi connectivity index (χ2v) is 2.14. The minimum absolute atomic E-state index is 0.0192. The number of amides is 2. The molecule has 6 nitrogen and oxygen atoms in total. The van der Waals surface area contributed by atoms with Crippen molar-refractivity contribution in [2.24, 2.45) is 5.73 Å². The van der Waals surface area contributed by atoms with Gasteiger partial charge in [0.2, 0.25) is 11.8 Å². The lowest BCUT2D eigenvalue weighted by atomic mass is 10.3. The highest BCUT2D eigenvalue weighted by molar-refractivity contribution is 5.93. The second kappa shape index (κ2) is 5.11. The summed E-state index contributed by atoms with van der Waals surface area (Å²) in [6.45, 7) is 0.0848. The van der Waals surface area contributed by atoms with Gasteiger partial charge in [0.05, 0.1) is 0 Å². The van der Waals surface area contributed by atoms with Crippen molar-refractivity contribution in [1.29, 1.82) is 0 Å². The molecular weight excluding hydrogens is 164 g/mol. The van der Waals surface area contributed by atoms with Crippen LogP contribution in [0.1, 0.15) is 12.8 Å². The predicted molar refractivity (Wildman–Crippen MR) is 39.1 cm³/mol. The van der Waals surface area contributed by atoms with E-state index in [0.717, 1.165) is 0 Å². The van der Waals surface area contributed by atoms with Crippen molar-refractivity contribution in [3.63, 3.8) is 0 Å². The molecule has 0 heterocycles. The largest absolute Gasteiger partial charge is 0.481 e. The molecule has 0 aliphatic rings. The molecule has 2 amide bonds. The molecule has 0 rings (SSSR count). The molecule has 0 fully saturated rings. The van der Waals surface area contributed by atoms with Crippen LogP contribution < -0.4 is 11.1 Å². The summed E-state index contributed by atoms with van der Waals surface area (Å²) in [6, 6.07) is 0. The molecule has 68 valence electrons. The number of carbonyl (C=O) groups is 3. The van der Waals surface area contributed by atoms with Gasteiger partial charge in [0.15, 0.2) is 0 Å². The molecule has 0 aromatic carbocycles. The number of carboxylic acids is 1. The van der Waals surface area contributed by atoms with Crippen LogP contribution in [0, 0.1) is 0 Å². The van der Waals surface area contributed by atoms with Crippen molar-refractivity contribution in [2.45, 2.75) is 12.8 Å². The number of hydrogen-bond acceptors (Lipinski definition) is 3. The van der Waals surface area contributed by atoms with Crippen molar-refractivity contribution in [3.05, 3.63) is 0 Å². The van der Waals surface area contributed by atoms with Crippen molar-refractivity contribution in [2.75, 3.05) is 6.54 Å². The molecule has 0 aliphatic carbocycles. The zero-order valence-electron chi connectivity index (χ0n) is 6.37. The van der Waals surface area contributed by atoms with Crippen molar-refractivity contribution in [3.8, 4) is 0 Å². The molecular formula is C6H10N2O4. The Hall–Kier alpha value is -1.59. The van der Waals surface area contributed by atoms with E-state index in [1.807, 2.05) is 0 Å². The van der Waals surface area contributed by atoms with Gasteiger partial charge in [-0.2, -0.15) is 0 Å². The average molecular weight is 174 g/mol. The molecule has 0 saturated heterocycles. The summed E-state index contributed by atoms with van der Waals surface area (Å²) < 4.78 is 0. The maximum atomic E-state index is 10.6. The fourth-order valence-corrected chi connectivity index (χ4v) is 0.525. The first kappa shape index (κ1) is 10.4. The first-order chi connectivity index (χ1) is 5.52. The number of aliphatic carboxylic acids is 1. The third kappa shape index (κ3) is 6.53. The van der Waals surface area contributed by atoms with Gasteiger partial charge in [0, 0.05) is 13.0 Å². The number of primary amides is 1. The number of hydrogen-bond donors (Lipinski definition) is 3. The molecule has 0 spiro atoms. The van der Waals surface area contributed by atoms with Gasteiger partial charge >= 0.3 is 5.97 Å². The van der Waals surface area contributed by atoms with Crippen LogP contribution in [0.15, 0.2) is 0 Å². The van der Waals surface area contributed by atoms with Crippen LogP contribution in [0.2, 0.25) is 0 Å². The van der Waals surface area contributed by atoms with Crippen LogP contribution in [-0.2, 0) is 14.4 Å². The average Bonchev–Trinajstić information content (AvgIpc) is 1.84. The molecule has 6 heteroatoms. The normalized spacial score (nSPS) is 9.00. The Labute approximate surface area is 68.7 Å². The Morgan fingerprint density at radius 3 is 2.33 bits per heavy atom. The quantitative estimate of drug-likeness (QED) is 0.438. The first-order valence-electron chi connectivity index (χ1n) is 3.29. The van der Waals surface area contributed by atoms with Crippen LogP contribution in [-0.4, -0.2) is 29.4 Å². The Bertz CT molecular complexity index is 202. The fourth-order valence-electron chi connectivity index (χ4n) is 0.525. The smallest absolute Gasteiger partial charge is 0.312 e. The monoisotopic (exact) mass is 174 g/mol. The highest BCUT2D eigenvalue weighted by atomic mass is 16.4. The van der Waals surface area contributed by atoms with Gasteiger partial charge in [-0.1, -0.05) is 0 Å². The van der Waals surface area contributed by atoms with Gasteiger partial charge < -0.3 is 16.2 Å². The van der Waals surface area contributed by atoms with Gasteiger partial charge in [-0.3, -0.25) is 14.4 Å². The number of carbonyl (C=O) groups excluding carboxylic acids is 2. The zero-order chi connectivity index (χ0) is 9.56. The molecule has 0 aliphatic heterocycles. The third-order valence-electron chi connectivity index (χ3n) is 1.01. The Balaban J connectivity index is 3.44. The van der Waals surface area contributed by atoms with E-state index in [0.29, 0.717) is 0 Å². The summed E-state index contributed by atoms with van der Waals surface area (Å²) in [5, 5.41) is 10.4. The van der Waals surface area contributed by atoms with Crippen molar-refractivity contribution < 1.29 is 19.5 Å². The predicted octanol–water partition coefficient (Wildman–Crippen LogP) is -1.55. The standard InChI is InChI=1S/C6H10N2O4/c7-4(9)1-2-8-5(10)3-6(11)12/h1-3H2,(H2,7,9)(H,8,10)(H,11,12). The lowest BCUT2D eigenvalue weighted by molar-refractivity contribution is -0.140. The summed E-state index contributed by atoms with van der Waals surface area (Å²) in [5.74, 6) is -2.36. The number of carboxylic acid groups (broad SMARTS) is 1. The molecule has 0 unspecified atom stereocenters. The lowest BCUT2D eigenvalue weighted by Crippen LogP contribution is -2.29. The Morgan fingerprint density at radius 2 is 1.92 bits per heavy atom. The van der Waals surface area contributed by atoms with E-state index in [4.69, 9.17) is 10.8 Å². The summed E-state index contributed by atoms with van der Waals surface area (Å²) in [5.41, 5.74) is 4.77.